The van der Waals surface area contributed by atoms with Crippen molar-refractivity contribution >= 4 is 5.78 Å². The van der Waals surface area contributed by atoms with Gasteiger partial charge in [0.25, 0.3) is 0 Å². The van der Waals surface area contributed by atoms with E-state index in [9.17, 15) is 4.79 Å². The lowest BCUT2D eigenvalue weighted by atomic mass is 9.80. The van der Waals surface area contributed by atoms with Crippen molar-refractivity contribution in [2.75, 3.05) is 7.11 Å². The fraction of sp³-hybridized carbons (Fsp3) is 0.455. The number of Topliss-reactive ketones (excluding diaryl/α,β-unsaturated/α-hetero) is 1. The predicted molar refractivity (Wildman–Crippen MR) is 52.5 cm³/mol. The van der Waals surface area contributed by atoms with Gasteiger partial charge in [0.2, 0.25) is 5.88 Å². The Morgan fingerprint density at radius 2 is 2.29 bits per heavy atom. The molecule has 3 heteroatoms. The minimum atomic E-state index is 0.228. The number of methoxy groups -OCH3 is 1. The zero-order valence-electron chi connectivity index (χ0n) is 8.19. The maximum Gasteiger partial charge on any atom is 0.212 e. The normalized spacial score (nSPS) is 16.1. The van der Waals surface area contributed by atoms with Crippen LogP contribution in [0.2, 0.25) is 0 Å². The number of pyridine rings is 1. The van der Waals surface area contributed by atoms with Gasteiger partial charge in [-0.1, -0.05) is 6.42 Å². The number of ketones is 1. The highest BCUT2D eigenvalue weighted by Gasteiger charge is 2.26. The Hall–Kier alpha value is -1.38. The van der Waals surface area contributed by atoms with Gasteiger partial charge in [-0.05, 0) is 18.9 Å². The molecule has 14 heavy (non-hydrogen) atoms. The van der Waals surface area contributed by atoms with Gasteiger partial charge in [0.05, 0.1) is 7.11 Å². The van der Waals surface area contributed by atoms with Crippen LogP contribution in [0.5, 0.6) is 5.88 Å². The Bertz CT molecular complexity index is 328. The first kappa shape index (κ1) is 9.19. The zero-order valence-corrected chi connectivity index (χ0v) is 8.19. The number of nitrogens with zero attached hydrogens (tertiary/aromatic N) is 1. The summed E-state index contributed by atoms with van der Waals surface area (Å²) < 4.78 is 4.93. The van der Waals surface area contributed by atoms with Crippen molar-refractivity contribution in [2.24, 2.45) is 5.92 Å². The van der Waals surface area contributed by atoms with Gasteiger partial charge in [-0.15, -0.1) is 0 Å². The molecular weight excluding hydrogens is 178 g/mol. The third-order valence-corrected chi connectivity index (χ3v) is 2.71. The van der Waals surface area contributed by atoms with Crippen molar-refractivity contribution in [3.8, 4) is 5.88 Å². The highest BCUT2D eigenvalue weighted by Crippen LogP contribution is 2.29. The van der Waals surface area contributed by atoms with Gasteiger partial charge in [-0.3, -0.25) is 4.79 Å². The number of rotatable bonds is 3. The Labute approximate surface area is 83.1 Å². The van der Waals surface area contributed by atoms with Crippen LogP contribution < -0.4 is 4.74 Å². The van der Waals surface area contributed by atoms with Crippen molar-refractivity contribution in [2.45, 2.75) is 19.3 Å². The topological polar surface area (TPSA) is 39.2 Å². The maximum atomic E-state index is 11.7. The molecule has 1 aromatic heterocycles. The Balaban J connectivity index is 2.11. The highest BCUT2D eigenvalue weighted by molar-refractivity contribution is 5.98. The third-order valence-electron chi connectivity index (χ3n) is 2.71. The summed E-state index contributed by atoms with van der Waals surface area (Å²) >= 11 is 0. The monoisotopic (exact) mass is 191 g/mol. The molecule has 1 saturated carbocycles. The lowest BCUT2D eigenvalue weighted by Gasteiger charge is -2.23. The van der Waals surface area contributed by atoms with Gasteiger partial charge in [-0.25, -0.2) is 4.98 Å². The quantitative estimate of drug-likeness (QED) is 0.686. The molecule has 0 amide bonds. The minimum Gasteiger partial charge on any atom is -0.481 e. The first-order chi connectivity index (χ1) is 6.81. The SMILES string of the molecule is COc1ccc(C(=O)C2CCC2)cn1. The molecule has 0 atom stereocenters. The summed E-state index contributed by atoms with van der Waals surface area (Å²) in [5.41, 5.74) is 0.704. The molecule has 2 rings (SSSR count). The molecular formula is C11H13NO2. The average molecular weight is 191 g/mol. The molecule has 0 radical (unpaired) electrons. The van der Waals surface area contributed by atoms with Crippen LogP contribution >= 0.6 is 0 Å². The fourth-order valence-corrected chi connectivity index (χ4v) is 1.55. The van der Waals surface area contributed by atoms with E-state index >= 15 is 0 Å². The maximum absolute atomic E-state index is 11.7. The standard InChI is InChI=1S/C11H13NO2/c1-14-10-6-5-9(7-12-10)11(13)8-3-2-4-8/h5-8H,2-4H2,1H3. The second kappa shape index (κ2) is 3.78. The van der Waals surface area contributed by atoms with Crippen molar-refractivity contribution < 1.29 is 9.53 Å². The van der Waals surface area contributed by atoms with Crippen molar-refractivity contribution in [1.29, 1.82) is 0 Å². The second-order valence-corrected chi connectivity index (χ2v) is 3.58. The molecule has 0 bridgehead atoms. The number of hydrogen-bond acceptors (Lipinski definition) is 3. The van der Waals surface area contributed by atoms with Crippen LogP contribution in [0.25, 0.3) is 0 Å². The number of carbonyl (C=O) groups is 1. The summed E-state index contributed by atoms with van der Waals surface area (Å²) in [4.78, 5) is 15.8. The van der Waals surface area contributed by atoms with Crippen LogP contribution in [0.4, 0.5) is 0 Å². The average Bonchev–Trinajstić information content (AvgIpc) is 2.15. The van der Waals surface area contributed by atoms with E-state index in [1.165, 1.54) is 6.42 Å². The van der Waals surface area contributed by atoms with Crippen molar-refractivity contribution in [1.82, 2.24) is 4.98 Å². The molecule has 0 aliphatic heterocycles. The Morgan fingerprint density at radius 1 is 1.50 bits per heavy atom. The van der Waals surface area contributed by atoms with E-state index < -0.39 is 0 Å². The smallest absolute Gasteiger partial charge is 0.212 e. The van der Waals surface area contributed by atoms with E-state index in [1.807, 2.05) is 0 Å². The molecule has 0 unspecified atom stereocenters. The van der Waals surface area contributed by atoms with Gasteiger partial charge < -0.3 is 4.74 Å². The molecule has 0 saturated heterocycles. The van der Waals surface area contributed by atoms with Crippen LogP contribution in [0, 0.1) is 5.92 Å². The van der Waals surface area contributed by atoms with E-state index in [1.54, 1.807) is 25.4 Å². The molecule has 3 nitrogen and oxygen atoms in total. The molecule has 1 aliphatic carbocycles. The minimum absolute atomic E-state index is 0.228. The molecule has 1 heterocycles. The molecule has 74 valence electrons. The summed E-state index contributed by atoms with van der Waals surface area (Å²) in [7, 11) is 1.57. The second-order valence-electron chi connectivity index (χ2n) is 3.58. The largest absolute Gasteiger partial charge is 0.481 e. The predicted octanol–water partition coefficient (Wildman–Crippen LogP) is 2.07. The molecule has 1 fully saturated rings. The molecule has 0 spiro atoms. The lowest BCUT2D eigenvalue weighted by Crippen LogP contribution is -2.21. The van der Waals surface area contributed by atoms with E-state index in [-0.39, 0.29) is 11.7 Å². The van der Waals surface area contributed by atoms with Gasteiger partial charge in [-0.2, -0.15) is 0 Å². The van der Waals surface area contributed by atoms with E-state index in [0.29, 0.717) is 11.4 Å². The van der Waals surface area contributed by atoms with Gasteiger partial charge in [0.15, 0.2) is 5.78 Å². The van der Waals surface area contributed by atoms with Crippen LogP contribution in [0.1, 0.15) is 29.6 Å². The summed E-state index contributed by atoms with van der Waals surface area (Å²) in [6, 6.07) is 3.51. The van der Waals surface area contributed by atoms with E-state index in [2.05, 4.69) is 4.98 Å². The molecule has 1 aromatic rings. The first-order valence-corrected chi connectivity index (χ1v) is 4.85. The molecule has 0 N–H and O–H groups in total. The van der Waals surface area contributed by atoms with Crippen molar-refractivity contribution in [3.63, 3.8) is 0 Å². The number of hydrogen-bond donors (Lipinski definition) is 0. The van der Waals surface area contributed by atoms with Gasteiger partial charge in [0, 0.05) is 23.7 Å². The number of ether oxygens (including phenoxy) is 1. The third kappa shape index (κ3) is 1.62. The first-order valence-electron chi connectivity index (χ1n) is 4.85. The zero-order chi connectivity index (χ0) is 9.97. The van der Waals surface area contributed by atoms with Gasteiger partial charge in [0.1, 0.15) is 0 Å². The summed E-state index contributed by atoms with van der Waals surface area (Å²) in [6.45, 7) is 0. The molecule has 0 aromatic carbocycles. The highest BCUT2D eigenvalue weighted by atomic mass is 16.5. The van der Waals surface area contributed by atoms with Gasteiger partial charge >= 0.3 is 0 Å². The van der Waals surface area contributed by atoms with Crippen molar-refractivity contribution in [3.05, 3.63) is 23.9 Å². The summed E-state index contributed by atoms with van der Waals surface area (Å²) in [5, 5.41) is 0. The van der Waals surface area contributed by atoms with Crippen LogP contribution in [0.3, 0.4) is 0 Å². The van der Waals surface area contributed by atoms with E-state index in [4.69, 9.17) is 4.74 Å². The Morgan fingerprint density at radius 3 is 2.71 bits per heavy atom. The Kier molecular flexibility index (Phi) is 2.48. The number of aromatic nitrogens is 1. The van der Waals surface area contributed by atoms with Crippen LogP contribution in [-0.4, -0.2) is 17.9 Å². The summed E-state index contributed by atoms with van der Waals surface area (Å²) in [6.07, 6.45) is 4.84. The fourth-order valence-electron chi connectivity index (χ4n) is 1.55. The lowest BCUT2D eigenvalue weighted by molar-refractivity contribution is 0.0855. The van der Waals surface area contributed by atoms with Crippen LogP contribution in [-0.2, 0) is 0 Å². The molecule has 1 aliphatic rings. The number of carbonyl (C=O) groups excluding carboxylic acids is 1. The van der Waals surface area contributed by atoms with Crippen LogP contribution in [0.15, 0.2) is 18.3 Å². The van der Waals surface area contributed by atoms with E-state index in [0.717, 1.165) is 12.8 Å². The summed E-state index contributed by atoms with van der Waals surface area (Å²) in [5.74, 6) is 1.02.